The van der Waals surface area contributed by atoms with E-state index in [0.717, 1.165) is 25.4 Å². The van der Waals surface area contributed by atoms with E-state index in [1.807, 2.05) is 0 Å². The highest BCUT2D eigenvalue weighted by Crippen LogP contribution is 2.19. The third-order valence-corrected chi connectivity index (χ3v) is 4.12. The van der Waals surface area contributed by atoms with Gasteiger partial charge in [0.15, 0.2) is 0 Å². The van der Waals surface area contributed by atoms with Gasteiger partial charge in [0.1, 0.15) is 0 Å². The van der Waals surface area contributed by atoms with E-state index in [2.05, 4.69) is 23.9 Å². The molecule has 1 unspecified atom stereocenters. The largest absolute Gasteiger partial charge is 0.481 e. The van der Waals surface area contributed by atoms with Crippen molar-refractivity contribution in [1.82, 2.24) is 9.80 Å². The first-order valence-corrected chi connectivity index (χ1v) is 7.09. The number of rotatable bonds is 7. The van der Waals surface area contributed by atoms with Crippen molar-refractivity contribution in [2.45, 2.75) is 32.6 Å². The molecule has 4 heteroatoms. The zero-order chi connectivity index (χ0) is 13.5. The molecule has 0 bridgehead atoms. The van der Waals surface area contributed by atoms with Gasteiger partial charge in [0.2, 0.25) is 0 Å². The Morgan fingerprint density at radius 3 is 2.56 bits per heavy atom. The topological polar surface area (TPSA) is 43.8 Å². The van der Waals surface area contributed by atoms with E-state index in [-0.39, 0.29) is 5.92 Å². The number of hydrogen-bond acceptors (Lipinski definition) is 3. The van der Waals surface area contributed by atoms with Gasteiger partial charge < -0.3 is 14.9 Å². The molecule has 0 aromatic carbocycles. The van der Waals surface area contributed by atoms with Crippen molar-refractivity contribution in [2.24, 2.45) is 11.8 Å². The Morgan fingerprint density at radius 2 is 2.00 bits per heavy atom. The summed E-state index contributed by atoms with van der Waals surface area (Å²) in [4.78, 5) is 15.4. The van der Waals surface area contributed by atoms with Crippen LogP contribution < -0.4 is 0 Å². The van der Waals surface area contributed by atoms with Crippen molar-refractivity contribution < 1.29 is 9.90 Å². The lowest BCUT2D eigenvalue weighted by atomic mass is 9.93. The van der Waals surface area contributed by atoms with E-state index in [9.17, 15) is 4.79 Å². The minimum Gasteiger partial charge on any atom is -0.481 e. The fourth-order valence-electron chi connectivity index (χ4n) is 2.40. The molecule has 0 spiro atoms. The maximum atomic E-state index is 10.7. The predicted molar refractivity (Wildman–Crippen MR) is 73.8 cm³/mol. The molecule has 4 nitrogen and oxygen atoms in total. The molecule has 18 heavy (non-hydrogen) atoms. The minimum atomic E-state index is -0.682. The van der Waals surface area contributed by atoms with Crippen LogP contribution in [-0.2, 0) is 4.79 Å². The monoisotopic (exact) mass is 256 g/mol. The lowest BCUT2D eigenvalue weighted by Crippen LogP contribution is -2.32. The van der Waals surface area contributed by atoms with Gasteiger partial charge in [0.25, 0.3) is 0 Å². The molecule has 1 fully saturated rings. The van der Waals surface area contributed by atoms with Gasteiger partial charge in [0, 0.05) is 0 Å². The van der Waals surface area contributed by atoms with Crippen LogP contribution in [0, 0.1) is 11.8 Å². The van der Waals surface area contributed by atoms with Crippen LogP contribution >= 0.6 is 0 Å². The summed E-state index contributed by atoms with van der Waals surface area (Å²) in [5.74, 6) is -0.0463. The lowest BCUT2D eigenvalue weighted by Gasteiger charge is -2.30. The average Bonchev–Trinajstić information content (AvgIpc) is 2.35. The highest BCUT2D eigenvalue weighted by atomic mass is 16.4. The van der Waals surface area contributed by atoms with E-state index in [0.29, 0.717) is 0 Å². The maximum Gasteiger partial charge on any atom is 0.306 e. The van der Waals surface area contributed by atoms with E-state index in [1.165, 1.54) is 32.4 Å². The number of aliphatic carboxylic acids is 1. The van der Waals surface area contributed by atoms with Crippen LogP contribution in [0.3, 0.4) is 0 Å². The molecule has 1 atom stereocenters. The van der Waals surface area contributed by atoms with E-state index >= 15 is 0 Å². The van der Waals surface area contributed by atoms with Crippen molar-refractivity contribution in [3.05, 3.63) is 0 Å². The van der Waals surface area contributed by atoms with Crippen LogP contribution in [0.5, 0.6) is 0 Å². The van der Waals surface area contributed by atoms with Gasteiger partial charge in [-0.05, 0) is 71.9 Å². The average molecular weight is 256 g/mol. The van der Waals surface area contributed by atoms with Gasteiger partial charge >= 0.3 is 5.97 Å². The van der Waals surface area contributed by atoms with Crippen molar-refractivity contribution >= 4 is 5.97 Å². The first-order valence-electron chi connectivity index (χ1n) is 7.09. The molecule has 1 heterocycles. The quantitative estimate of drug-likeness (QED) is 0.754. The highest BCUT2D eigenvalue weighted by Gasteiger charge is 2.17. The molecule has 1 aliphatic heterocycles. The number of carbonyl (C=O) groups is 1. The summed E-state index contributed by atoms with van der Waals surface area (Å²) in [7, 11) is 4.29. The predicted octanol–water partition coefficient (Wildman–Crippen LogP) is 1.76. The zero-order valence-corrected chi connectivity index (χ0v) is 12.1. The van der Waals surface area contributed by atoms with Crippen LogP contribution in [0.4, 0.5) is 0 Å². The minimum absolute atomic E-state index is 0.226. The van der Waals surface area contributed by atoms with Gasteiger partial charge in [0.05, 0.1) is 5.92 Å². The summed E-state index contributed by atoms with van der Waals surface area (Å²) in [5, 5.41) is 8.83. The maximum absolute atomic E-state index is 10.7. The Morgan fingerprint density at radius 1 is 1.39 bits per heavy atom. The van der Waals surface area contributed by atoms with Crippen molar-refractivity contribution in [3.63, 3.8) is 0 Å². The Hall–Kier alpha value is -0.610. The normalized spacial score (nSPS) is 20.2. The number of carboxylic acids is 1. The molecule has 0 aromatic heterocycles. The number of piperidine rings is 1. The van der Waals surface area contributed by atoms with E-state index in [4.69, 9.17) is 5.11 Å². The van der Waals surface area contributed by atoms with Gasteiger partial charge in [-0.25, -0.2) is 0 Å². The molecule has 1 N–H and O–H groups in total. The highest BCUT2D eigenvalue weighted by molar-refractivity contribution is 5.69. The summed E-state index contributed by atoms with van der Waals surface area (Å²) in [6.07, 6.45) is 4.64. The van der Waals surface area contributed by atoms with Gasteiger partial charge in [-0.3, -0.25) is 4.79 Å². The van der Waals surface area contributed by atoms with Gasteiger partial charge in [-0.15, -0.1) is 0 Å². The third-order valence-electron chi connectivity index (χ3n) is 4.12. The zero-order valence-electron chi connectivity index (χ0n) is 12.1. The molecule has 0 aliphatic carbocycles. The lowest BCUT2D eigenvalue weighted by molar-refractivity contribution is -0.141. The standard InChI is InChI=1S/C14H28N2O2/c1-12(14(17)18)4-8-15(2)9-5-13-6-10-16(3)11-7-13/h12-13H,4-11H2,1-3H3,(H,17,18). The molecule has 0 radical (unpaired) electrons. The fourth-order valence-corrected chi connectivity index (χ4v) is 2.40. The summed E-state index contributed by atoms with van der Waals surface area (Å²) < 4.78 is 0. The van der Waals surface area contributed by atoms with Crippen molar-refractivity contribution in [1.29, 1.82) is 0 Å². The summed E-state index contributed by atoms with van der Waals surface area (Å²) >= 11 is 0. The Kier molecular flexibility index (Phi) is 6.65. The first kappa shape index (κ1) is 15.4. The van der Waals surface area contributed by atoms with Gasteiger partial charge in [-0.1, -0.05) is 6.92 Å². The summed E-state index contributed by atoms with van der Waals surface area (Å²) in [6, 6.07) is 0. The van der Waals surface area contributed by atoms with E-state index < -0.39 is 5.97 Å². The van der Waals surface area contributed by atoms with Crippen LogP contribution in [-0.4, -0.2) is 61.2 Å². The molecular weight excluding hydrogens is 228 g/mol. The second kappa shape index (κ2) is 7.74. The van der Waals surface area contributed by atoms with Gasteiger partial charge in [-0.2, -0.15) is 0 Å². The summed E-state index contributed by atoms with van der Waals surface area (Å²) in [5.41, 5.74) is 0. The molecule has 1 saturated heterocycles. The molecule has 0 amide bonds. The first-order chi connectivity index (χ1) is 8.49. The number of nitrogens with zero attached hydrogens (tertiary/aromatic N) is 2. The molecule has 1 aliphatic rings. The fraction of sp³-hybridized carbons (Fsp3) is 0.929. The number of hydrogen-bond donors (Lipinski definition) is 1. The van der Waals surface area contributed by atoms with Crippen molar-refractivity contribution in [3.8, 4) is 0 Å². The molecule has 1 rings (SSSR count). The van der Waals surface area contributed by atoms with Crippen LogP contribution in [0.1, 0.15) is 32.6 Å². The second-order valence-corrected chi connectivity index (χ2v) is 5.87. The number of carboxylic acid groups (broad SMARTS) is 1. The molecular formula is C14H28N2O2. The van der Waals surface area contributed by atoms with Crippen molar-refractivity contribution in [2.75, 3.05) is 40.3 Å². The van der Waals surface area contributed by atoms with Crippen LogP contribution in [0.25, 0.3) is 0 Å². The Balaban J connectivity index is 2.09. The SMILES string of the molecule is CC(CCN(C)CCC1CCN(C)CC1)C(=O)O. The summed E-state index contributed by atoms with van der Waals surface area (Å²) in [6.45, 7) is 6.23. The Bertz CT molecular complexity index is 250. The Labute approximate surface area is 111 Å². The molecule has 0 saturated carbocycles. The molecule has 0 aromatic rings. The number of likely N-dealkylation sites (tertiary alicyclic amines) is 1. The second-order valence-electron chi connectivity index (χ2n) is 5.87. The third kappa shape index (κ3) is 5.83. The molecule has 106 valence electrons. The van der Waals surface area contributed by atoms with Crippen LogP contribution in [0.2, 0.25) is 0 Å². The van der Waals surface area contributed by atoms with Crippen LogP contribution in [0.15, 0.2) is 0 Å². The smallest absolute Gasteiger partial charge is 0.306 e. The van der Waals surface area contributed by atoms with E-state index in [1.54, 1.807) is 6.92 Å².